The molecule has 0 saturated carbocycles. The van der Waals surface area contributed by atoms with Crippen molar-refractivity contribution in [3.8, 4) is 0 Å². The minimum Gasteiger partial charge on any atom is -0.369 e. The standard InChI is InChI=1S/C13H20N4O2S/c1-20(18,19)15-13(14)17-9-7-16(8-10-17)11-12-5-3-2-4-6-12/h2-6H,7-11H2,1H3,(H2,14,15). The van der Waals surface area contributed by atoms with Gasteiger partial charge in [0.2, 0.25) is 5.96 Å². The van der Waals surface area contributed by atoms with Gasteiger partial charge in [0.05, 0.1) is 6.26 Å². The quantitative estimate of drug-likeness (QED) is 0.631. The summed E-state index contributed by atoms with van der Waals surface area (Å²) in [5.41, 5.74) is 6.99. The normalized spacial score (nSPS) is 18.2. The number of sulfonamides is 1. The highest BCUT2D eigenvalue weighted by Crippen LogP contribution is 2.08. The van der Waals surface area contributed by atoms with Crippen molar-refractivity contribution < 1.29 is 8.42 Å². The van der Waals surface area contributed by atoms with Crippen LogP contribution in [0.15, 0.2) is 34.7 Å². The first-order valence-electron chi connectivity index (χ1n) is 6.51. The Morgan fingerprint density at radius 3 is 2.35 bits per heavy atom. The molecule has 2 rings (SSSR count). The molecule has 7 heteroatoms. The Kier molecular flexibility index (Phi) is 4.61. The third-order valence-electron chi connectivity index (χ3n) is 3.20. The topological polar surface area (TPSA) is 79.0 Å². The van der Waals surface area contributed by atoms with Crippen LogP contribution < -0.4 is 5.73 Å². The molecule has 0 spiro atoms. The molecule has 1 saturated heterocycles. The van der Waals surface area contributed by atoms with E-state index in [-0.39, 0.29) is 5.96 Å². The molecule has 0 aliphatic carbocycles. The van der Waals surface area contributed by atoms with Gasteiger partial charge in [-0.2, -0.15) is 0 Å². The van der Waals surface area contributed by atoms with Crippen molar-refractivity contribution in [1.82, 2.24) is 9.80 Å². The van der Waals surface area contributed by atoms with E-state index >= 15 is 0 Å². The van der Waals surface area contributed by atoms with Gasteiger partial charge < -0.3 is 10.6 Å². The Balaban J connectivity index is 1.88. The fraction of sp³-hybridized carbons (Fsp3) is 0.462. The van der Waals surface area contributed by atoms with E-state index in [2.05, 4.69) is 21.4 Å². The van der Waals surface area contributed by atoms with Crippen molar-refractivity contribution >= 4 is 16.0 Å². The first kappa shape index (κ1) is 14.8. The van der Waals surface area contributed by atoms with Gasteiger partial charge in [-0.05, 0) is 5.56 Å². The molecule has 0 amide bonds. The molecule has 0 bridgehead atoms. The van der Waals surface area contributed by atoms with Crippen LogP contribution in [0.5, 0.6) is 0 Å². The second-order valence-electron chi connectivity index (χ2n) is 4.93. The van der Waals surface area contributed by atoms with E-state index in [9.17, 15) is 8.42 Å². The third-order valence-corrected chi connectivity index (χ3v) is 3.72. The summed E-state index contributed by atoms with van der Waals surface area (Å²) in [6, 6.07) is 10.3. The molecule has 1 aromatic rings. The summed E-state index contributed by atoms with van der Waals surface area (Å²) >= 11 is 0. The second kappa shape index (κ2) is 6.23. The summed E-state index contributed by atoms with van der Waals surface area (Å²) in [5.74, 6) is 0.0897. The van der Waals surface area contributed by atoms with E-state index in [4.69, 9.17) is 5.73 Å². The van der Waals surface area contributed by atoms with Crippen molar-refractivity contribution in [1.29, 1.82) is 0 Å². The lowest BCUT2D eigenvalue weighted by Gasteiger charge is -2.35. The lowest BCUT2D eigenvalue weighted by atomic mass is 10.2. The Hall–Kier alpha value is -1.60. The van der Waals surface area contributed by atoms with Crippen LogP contribution in [0.1, 0.15) is 5.56 Å². The third kappa shape index (κ3) is 4.50. The van der Waals surface area contributed by atoms with Crippen molar-refractivity contribution in [2.24, 2.45) is 10.1 Å². The molecule has 20 heavy (non-hydrogen) atoms. The Bertz CT molecular complexity index is 563. The van der Waals surface area contributed by atoms with E-state index in [1.54, 1.807) is 0 Å². The van der Waals surface area contributed by atoms with Crippen LogP contribution >= 0.6 is 0 Å². The summed E-state index contributed by atoms with van der Waals surface area (Å²) in [6.07, 6.45) is 1.05. The van der Waals surface area contributed by atoms with Gasteiger partial charge >= 0.3 is 0 Å². The molecular formula is C13H20N4O2S. The minimum absolute atomic E-state index is 0.0897. The van der Waals surface area contributed by atoms with E-state index in [0.29, 0.717) is 13.1 Å². The van der Waals surface area contributed by atoms with Crippen molar-refractivity contribution in [2.75, 3.05) is 32.4 Å². The van der Waals surface area contributed by atoms with Crippen LogP contribution in [0.2, 0.25) is 0 Å². The van der Waals surface area contributed by atoms with Crippen LogP contribution in [0.3, 0.4) is 0 Å². The van der Waals surface area contributed by atoms with Crippen LogP contribution in [-0.4, -0.2) is 56.6 Å². The Morgan fingerprint density at radius 1 is 1.20 bits per heavy atom. The van der Waals surface area contributed by atoms with Crippen LogP contribution in [0.4, 0.5) is 0 Å². The second-order valence-corrected chi connectivity index (χ2v) is 6.58. The number of rotatable bonds is 3. The van der Waals surface area contributed by atoms with E-state index in [1.165, 1.54) is 5.56 Å². The Morgan fingerprint density at radius 2 is 1.80 bits per heavy atom. The monoisotopic (exact) mass is 296 g/mol. The van der Waals surface area contributed by atoms with Gasteiger partial charge in [0.25, 0.3) is 10.0 Å². The number of hydrogen-bond donors (Lipinski definition) is 1. The average Bonchev–Trinajstić information content (AvgIpc) is 2.39. The molecule has 6 nitrogen and oxygen atoms in total. The lowest BCUT2D eigenvalue weighted by Crippen LogP contribution is -2.50. The maximum Gasteiger partial charge on any atom is 0.253 e. The molecule has 0 atom stereocenters. The van der Waals surface area contributed by atoms with Gasteiger partial charge in [0.1, 0.15) is 0 Å². The highest BCUT2D eigenvalue weighted by molar-refractivity contribution is 7.89. The maximum absolute atomic E-state index is 11.1. The highest BCUT2D eigenvalue weighted by atomic mass is 32.2. The molecule has 1 fully saturated rings. The predicted octanol–water partition coefficient (Wildman–Crippen LogP) is 0.0785. The van der Waals surface area contributed by atoms with Gasteiger partial charge in [0.15, 0.2) is 0 Å². The molecule has 1 aromatic carbocycles. The molecule has 1 heterocycles. The zero-order valence-electron chi connectivity index (χ0n) is 11.6. The molecular weight excluding hydrogens is 276 g/mol. The average molecular weight is 296 g/mol. The minimum atomic E-state index is -3.43. The van der Waals surface area contributed by atoms with Gasteiger partial charge in [0, 0.05) is 32.7 Å². The van der Waals surface area contributed by atoms with Crippen molar-refractivity contribution in [3.05, 3.63) is 35.9 Å². The van der Waals surface area contributed by atoms with Crippen molar-refractivity contribution in [3.63, 3.8) is 0 Å². The fourth-order valence-corrected chi connectivity index (χ4v) is 2.66. The molecule has 0 unspecified atom stereocenters. The number of nitrogens with zero attached hydrogens (tertiary/aromatic N) is 3. The SMILES string of the molecule is CS(=O)(=O)/N=C(\N)N1CCN(Cc2ccccc2)CC1. The van der Waals surface area contributed by atoms with E-state index < -0.39 is 10.0 Å². The molecule has 2 N–H and O–H groups in total. The van der Waals surface area contributed by atoms with Crippen LogP contribution in [0.25, 0.3) is 0 Å². The molecule has 1 aliphatic rings. The first-order chi connectivity index (χ1) is 9.44. The summed E-state index contributed by atoms with van der Waals surface area (Å²) in [5, 5.41) is 0. The number of benzene rings is 1. The lowest BCUT2D eigenvalue weighted by molar-refractivity contribution is 0.174. The smallest absolute Gasteiger partial charge is 0.253 e. The summed E-state index contributed by atoms with van der Waals surface area (Å²) in [4.78, 5) is 4.13. The van der Waals surface area contributed by atoms with Gasteiger partial charge in [-0.25, -0.2) is 8.42 Å². The number of guanidine groups is 1. The molecule has 110 valence electrons. The Labute approximate surface area is 119 Å². The fourth-order valence-electron chi connectivity index (χ4n) is 2.20. The molecule has 0 radical (unpaired) electrons. The molecule has 0 aromatic heterocycles. The van der Waals surface area contributed by atoms with Gasteiger partial charge in [-0.3, -0.25) is 4.90 Å². The summed E-state index contributed by atoms with van der Waals surface area (Å²) in [6.45, 7) is 3.97. The number of piperazine rings is 1. The van der Waals surface area contributed by atoms with Gasteiger partial charge in [-0.15, -0.1) is 4.40 Å². The predicted molar refractivity (Wildman–Crippen MR) is 79.8 cm³/mol. The van der Waals surface area contributed by atoms with E-state index in [1.807, 2.05) is 23.1 Å². The van der Waals surface area contributed by atoms with Crippen LogP contribution in [-0.2, 0) is 16.6 Å². The largest absolute Gasteiger partial charge is 0.369 e. The molecule has 1 aliphatic heterocycles. The van der Waals surface area contributed by atoms with Crippen LogP contribution in [0, 0.1) is 0 Å². The number of hydrogen-bond acceptors (Lipinski definition) is 3. The first-order valence-corrected chi connectivity index (χ1v) is 8.35. The van der Waals surface area contributed by atoms with Crippen molar-refractivity contribution in [2.45, 2.75) is 6.54 Å². The summed E-state index contributed by atoms with van der Waals surface area (Å²) < 4.78 is 25.7. The zero-order chi connectivity index (χ0) is 14.6. The van der Waals surface area contributed by atoms with Gasteiger partial charge in [-0.1, -0.05) is 30.3 Å². The summed E-state index contributed by atoms with van der Waals surface area (Å²) in [7, 11) is -3.43. The van der Waals surface area contributed by atoms with E-state index in [0.717, 1.165) is 25.9 Å². The zero-order valence-corrected chi connectivity index (χ0v) is 12.4. The highest BCUT2D eigenvalue weighted by Gasteiger charge is 2.19. The number of nitrogens with two attached hydrogens (primary N) is 1. The maximum atomic E-state index is 11.1.